The third-order valence-corrected chi connectivity index (χ3v) is 7.29. The molecule has 8 nitrogen and oxygen atoms in total. The summed E-state index contributed by atoms with van der Waals surface area (Å²) in [5, 5.41) is 21.8. The smallest absolute Gasteiger partial charge is 0.248 e. The van der Waals surface area contributed by atoms with Gasteiger partial charge in [-0.2, -0.15) is 0 Å². The molecule has 9 heteroatoms. The van der Waals surface area contributed by atoms with Gasteiger partial charge in [-0.15, -0.1) is 5.10 Å². The summed E-state index contributed by atoms with van der Waals surface area (Å²) in [7, 11) is 0. The SMILES string of the molecule is CC(C)(C)C(C(=O)N1CC(O)CC1C(=O)NCc1ccc(-c2ccccc2)c(F)c1)n1cc(C2CC2)nn1. The van der Waals surface area contributed by atoms with Crippen molar-refractivity contribution in [2.24, 2.45) is 5.41 Å². The maximum atomic E-state index is 14.8. The molecule has 3 atom stereocenters. The van der Waals surface area contributed by atoms with Gasteiger partial charge < -0.3 is 15.3 Å². The molecule has 2 aromatic carbocycles. The zero-order valence-electron chi connectivity index (χ0n) is 22.0. The molecule has 2 heterocycles. The standard InChI is InChI=1S/C29H34FN5O3/c1-29(2,3)26(35-17-24(32-33-35)20-10-11-20)28(38)34-16-21(36)14-25(34)27(37)31-15-18-9-12-22(23(30)13-18)19-7-5-4-6-8-19/h4-9,12-13,17,20-21,25-26,36H,10-11,14-16H2,1-3H3,(H,31,37). The largest absolute Gasteiger partial charge is 0.391 e. The predicted molar refractivity (Wildman–Crippen MR) is 140 cm³/mol. The molecule has 38 heavy (non-hydrogen) atoms. The Labute approximate surface area is 221 Å². The lowest BCUT2D eigenvalue weighted by Crippen LogP contribution is -2.50. The van der Waals surface area contributed by atoms with Crippen LogP contribution in [0.1, 0.15) is 63.3 Å². The highest BCUT2D eigenvalue weighted by molar-refractivity contribution is 5.90. The van der Waals surface area contributed by atoms with E-state index in [0.717, 1.165) is 24.1 Å². The average molecular weight is 520 g/mol. The molecule has 0 bridgehead atoms. The lowest BCUT2D eigenvalue weighted by Gasteiger charge is -2.34. The van der Waals surface area contributed by atoms with Crippen molar-refractivity contribution in [3.8, 4) is 11.1 Å². The monoisotopic (exact) mass is 519 g/mol. The molecule has 1 aliphatic heterocycles. The van der Waals surface area contributed by atoms with Crippen molar-refractivity contribution >= 4 is 11.8 Å². The summed E-state index contributed by atoms with van der Waals surface area (Å²) >= 11 is 0. The maximum Gasteiger partial charge on any atom is 0.248 e. The van der Waals surface area contributed by atoms with Gasteiger partial charge in [0.1, 0.15) is 17.9 Å². The van der Waals surface area contributed by atoms with E-state index in [0.29, 0.717) is 17.0 Å². The molecular weight excluding hydrogens is 485 g/mol. The van der Waals surface area contributed by atoms with Crippen molar-refractivity contribution in [2.75, 3.05) is 6.54 Å². The number of carbonyl (C=O) groups excluding carboxylic acids is 2. The quantitative estimate of drug-likeness (QED) is 0.494. The number of rotatable bonds is 7. The molecular formula is C29H34FN5O3. The third-order valence-electron chi connectivity index (χ3n) is 7.29. The van der Waals surface area contributed by atoms with E-state index < -0.39 is 23.6 Å². The zero-order chi connectivity index (χ0) is 27.0. The van der Waals surface area contributed by atoms with Gasteiger partial charge in [0.05, 0.1) is 11.8 Å². The highest BCUT2D eigenvalue weighted by atomic mass is 19.1. The van der Waals surface area contributed by atoms with Crippen LogP contribution in [0.4, 0.5) is 4.39 Å². The molecule has 5 rings (SSSR count). The van der Waals surface area contributed by atoms with E-state index in [1.165, 1.54) is 11.0 Å². The predicted octanol–water partition coefficient (Wildman–Crippen LogP) is 3.83. The maximum absolute atomic E-state index is 14.8. The fourth-order valence-corrected chi connectivity index (χ4v) is 5.15. The molecule has 0 radical (unpaired) electrons. The first-order valence-electron chi connectivity index (χ1n) is 13.1. The van der Waals surface area contributed by atoms with Gasteiger partial charge in [-0.1, -0.05) is 68.4 Å². The number of carbonyl (C=O) groups is 2. The van der Waals surface area contributed by atoms with Crippen LogP contribution in [-0.4, -0.2) is 55.5 Å². The van der Waals surface area contributed by atoms with E-state index in [1.807, 2.05) is 57.3 Å². The van der Waals surface area contributed by atoms with Crippen LogP contribution in [0.15, 0.2) is 54.7 Å². The number of aliphatic hydroxyl groups excluding tert-OH is 1. The molecule has 0 spiro atoms. The number of β-amino-alcohol motifs (C(OH)–C–C–N with tert-alkyl or cyclic N) is 1. The number of benzene rings is 2. The fourth-order valence-electron chi connectivity index (χ4n) is 5.15. The van der Waals surface area contributed by atoms with E-state index in [-0.39, 0.29) is 37.1 Å². The Morgan fingerprint density at radius 1 is 1.16 bits per heavy atom. The summed E-state index contributed by atoms with van der Waals surface area (Å²) in [6.07, 6.45) is 3.32. The van der Waals surface area contributed by atoms with E-state index in [2.05, 4.69) is 15.6 Å². The summed E-state index contributed by atoms with van der Waals surface area (Å²) in [5.41, 5.74) is 2.25. The topological polar surface area (TPSA) is 100 Å². The first-order valence-corrected chi connectivity index (χ1v) is 13.1. The van der Waals surface area contributed by atoms with Gasteiger partial charge in [-0.3, -0.25) is 9.59 Å². The van der Waals surface area contributed by atoms with Gasteiger partial charge in [-0.05, 0) is 35.4 Å². The number of aromatic nitrogens is 3. The van der Waals surface area contributed by atoms with Crippen molar-refractivity contribution in [1.29, 1.82) is 0 Å². The molecule has 2 fully saturated rings. The number of aliphatic hydroxyl groups is 1. The van der Waals surface area contributed by atoms with E-state index in [1.54, 1.807) is 16.8 Å². The van der Waals surface area contributed by atoms with Gasteiger partial charge in [0.2, 0.25) is 11.8 Å². The van der Waals surface area contributed by atoms with Crippen LogP contribution >= 0.6 is 0 Å². The van der Waals surface area contributed by atoms with Crippen LogP contribution in [0.3, 0.4) is 0 Å². The van der Waals surface area contributed by atoms with Crippen LogP contribution in [0.5, 0.6) is 0 Å². The summed E-state index contributed by atoms with van der Waals surface area (Å²) in [4.78, 5) is 28.5. The second-order valence-corrected chi connectivity index (χ2v) is 11.5. The van der Waals surface area contributed by atoms with Crippen LogP contribution in [0.2, 0.25) is 0 Å². The van der Waals surface area contributed by atoms with Gasteiger partial charge in [0, 0.05) is 37.2 Å². The Hall–Kier alpha value is -3.59. The lowest BCUT2D eigenvalue weighted by atomic mass is 9.85. The number of nitrogens with zero attached hydrogens (tertiary/aromatic N) is 4. The lowest BCUT2D eigenvalue weighted by molar-refractivity contribution is -0.144. The van der Waals surface area contributed by atoms with E-state index >= 15 is 0 Å². The molecule has 2 N–H and O–H groups in total. The normalized spacial score (nSPS) is 20.4. The Morgan fingerprint density at radius 3 is 2.55 bits per heavy atom. The minimum atomic E-state index is -0.831. The number of nitrogens with one attached hydrogen (secondary N) is 1. The summed E-state index contributed by atoms with van der Waals surface area (Å²) < 4.78 is 16.4. The third kappa shape index (κ3) is 5.48. The Morgan fingerprint density at radius 2 is 1.89 bits per heavy atom. The number of amides is 2. The van der Waals surface area contributed by atoms with Crippen LogP contribution < -0.4 is 5.32 Å². The minimum Gasteiger partial charge on any atom is -0.391 e. The van der Waals surface area contributed by atoms with Crippen LogP contribution in [0, 0.1) is 11.2 Å². The molecule has 1 saturated carbocycles. The Balaban J connectivity index is 1.29. The molecule has 3 unspecified atom stereocenters. The number of hydrogen-bond donors (Lipinski definition) is 2. The van der Waals surface area contributed by atoms with Crippen molar-refractivity contribution in [3.05, 3.63) is 71.8 Å². The molecule has 1 aromatic heterocycles. The minimum absolute atomic E-state index is 0.0636. The molecule has 2 aliphatic rings. The molecule has 1 saturated heterocycles. The number of likely N-dealkylation sites (tertiary alicyclic amines) is 1. The highest BCUT2D eigenvalue weighted by Crippen LogP contribution is 2.40. The Bertz CT molecular complexity index is 1320. The first kappa shape index (κ1) is 26.0. The summed E-state index contributed by atoms with van der Waals surface area (Å²) in [6, 6.07) is 12.6. The van der Waals surface area contributed by atoms with E-state index in [4.69, 9.17) is 0 Å². The average Bonchev–Trinajstić information content (AvgIpc) is 3.49. The molecule has 3 aromatic rings. The van der Waals surface area contributed by atoms with Gasteiger partial charge in [0.25, 0.3) is 0 Å². The second-order valence-electron chi connectivity index (χ2n) is 11.5. The summed E-state index contributed by atoms with van der Waals surface area (Å²) in [5.74, 6) is -0.632. The Kier molecular flexibility index (Phi) is 7.05. The second kappa shape index (κ2) is 10.3. The number of halogens is 1. The van der Waals surface area contributed by atoms with Gasteiger partial charge in [-0.25, -0.2) is 9.07 Å². The van der Waals surface area contributed by atoms with Crippen molar-refractivity contribution in [3.63, 3.8) is 0 Å². The molecule has 1 aliphatic carbocycles. The zero-order valence-corrected chi connectivity index (χ0v) is 22.0. The first-order chi connectivity index (χ1) is 18.1. The van der Waals surface area contributed by atoms with Crippen LogP contribution in [-0.2, 0) is 16.1 Å². The molecule has 200 valence electrons. The number of hydrogen-bond acceptors (Lipinski definition) is 5. The molecule has 2 amide bonds. The van der Waals surface area contributed by atoms with Crippen molar-refractivity contribution in [1.82, 2.24) is 25.2 Å². The van der Waals surface area contributed by atoms with Gasteiger partial charge >= 0.3 is 0 Å². The highest BCUT2D eigenvalue weighted by Gasteiger charge is 2.45. The van der Waals surface area contributed by atoms with Crippen LogP contribution in [0.25, 0.3) is 11.1 Å². The van der Waals surface area contributed by atoms with Crippen molar-refractivity contribution in [2.45, 2.75) is 70.7 Å². The summed E-state index contributed by atoms with van der Waals surface area (Å²) in [6.45, 7) is 6.01. The van der Waals surface area contributed by atoms with E-state index in [9.17, 15) is 19.1 Å². The van der Waals surface area contributed by atoms with Crippen molar-refractivity contribution < 1.29 is 19.1 Å². The fraction of sp³-hybridized carbons (Fsp3) is 0.448. The van der Waals surface area contributed by atoms with Gasteiger partial charge in [0.15, 0.2) is 0 Å².